The van der Waals surface area contributed by atoms with Gasteiger partial charge < -0.3 is 15.2 Å². The molecule has 1 aromatic heterocycles. The van der Waals surface area contributed by atoms with Crippen LogP contribution in [0.1, 0.15) is 17.5 Å². The quantitative estimate of drug-likeness (QED) is 0.819. The summed E-state index contributed by atoms with van der Waals surface area (Å²) in [4.78, 5) is 18.7. The Hall–Kier alpha value is -2.44. The number of aromatic nitrogens is 1. The average Bonchev–Trinajstić information content (AvgIpc) is 2.65. The molecule has 1 saturated heterocycles. The van der Waals surface area contributed by atoms with Crippen molar-refractivity contribution in [1.82, 2.24) is 15.2 Å². The Kier molecular flexibility index (Phi) is 6.20. The van der Waals surface area contributed by atoms with Gasteiger partial charge in [0.15, 0.2) is 0 Å². The number of pyridine rings is 1. The highest BCUT2D eigenvalue weighted by Crippen LogP contribution is 2.18. The number of rotatable bonds is 6. The second-order valence-electron chi connectivity index (χ2n) is 6.62. The van der Waals surface area contributed by atoms with Crippen LogP contribution in [0.5, 0.6) is 5.75 Å². The Bertz CT molecular complexity index is 723. The highest BCUT2D eigenvalue weighted by molar-refractivity contribution is 5.79. The highest BCUT2D eigenvalue weighted by atomic mass is 16.5. The summed E-state index contributed by atoms with van der Waals surface area (Å²) < 4.78 is 5.29. The van der Waals surface area contributed by atoms with E-state index in [-0.39, 0.29) is 18.4 Å². The van der Waals surface area contributed by atoms with Gasteiger partial charge in [-0.2, -0.15) is 0 Å². The van der Waals surface area contributed by atoms with Crippen molar-refractivity contribution >= 4 is 5.91 Å². The van der Waals surface area contributed by atoms with Crippen molar-refractivity contribution in [3.63, 3.8) is 0 Å². The number of ether oxygens (including phenoxy) is 1. The van der Waals surface area contributed by atoms with Gasteiger partial charge in [-0.15, -0.1) is 0 Å². The number of para-hydroxylation sites is 1. The summed E-state index contributed by atoms with van der Waals surface area (Å²) in [6.07, 6.45) is 3.98. The van der Waals surface area contributed by atoms with Gasteiger partial charge in [-0.3, -0.25) is 14.7 Å². The summed E-state index contributed by atoms with van der Waals surface area (Å²) in [5.41, 5.74) is 1.97. The molecule has 0 bridgehead atoms. The number of amides is 1. The van der Waals surface area contributed by atoms with E-state index in [2.05, 4.69) is 15.2 Å². The van der Waals surface area contributed by atoms with Gasteiger partial charge in [0.1, 0.15) is 5.75 Å². The SMILES string of the molecule is COc1ccccc1CC(=O)N[C@@H]1CCN(Cc2cccnc2)C[C@H]1O. The topological polar surface area (TPSA) is 74.7 Å². The number of carbonyl (C=O) groups is 1. The van der Waals surface area contributed by atoms with Gasteiger partial charge in [-0.05, 0) is 24.1 Å². The molecular weight excluding hydrogens is 330 g/mol. The van der Waals surface area contributed by atoms with Crippen molar-refractivity contribution in [3.05, 3.63) is 59.9 Å². The number of nitrogens with one attached hydrogen (secondary N) is 1. The molecule has 138 valence electrons. The molecule has 0 unspecified atom stereocenters. The number of likely N-dealkylation sites (tertiary alicyclic amines) is 1. The lowest BCUT2D eigenvalue weighted by molar-refractivity contribution is -0.122. The summed E-state index contributed by atoms with van der Waals surface area (Å²) >= 11 is 0. The van der Waals surface area contributed by atoms with E-state index in [1.807, 2.05) is 42.6 Å². The highest BCUT2D eigenvalue weighted by Gasteiger charge is 2.29. The first-order valence-electron chi connectivity index (χ1n) is 8.86. The number of methoxy groups -OCH3 is 1. The zero-order valence-electron chi connectivity index (χ0n) is 15.0. The molecule has 6 nitrogen and oxygen atoms in total. The molecule has 1 aromatic carbocycles. The number of carbonyl (C=O) groups excluding carboxylic acids is 1. The normalized spacial score (nSPS) is 20.5. The Morgan fingerprint density at radius 2 is 2.19 bits per heavy atom. The van der Waals surface area contributed by atoms with Crippen LogP contribution in [0.25, 0.3) is 0 Å². The summed E-state index contributed by atoms with van der Waals surface area (Å²) in [5, 5.41) is 13.4. The van der Waals surface area contributed by atoms with E-state index in [1.165, 1.54) is 0 Å². The van der Waals surface area contributed by atoms with Crippen molar-refractivity contribution in [2.45, 2.75) is 31.5 Å². The van der Waals surface area contributed by atoms with Crippen molar-refractivity contribution in [2.75, 3.05) is 20.2 Å². The van der Waals surface area contributed by atoms with E-state index >= 15 is 0 Å². The van der Waals surface area contributed by atoms with Crippen LogP contribution < -0.4 is 10.1 Å². The van der Waals surface area contributed by atoms with E-state index in [0.717, 1.165) is 30.6 Å². The monoisotopic (exact) mass is 355 g/mol. The van der Waals surface area contributed by atoms with Crippen LogP contribution in [0, 0.1) is 0 Å². The molecule has 1 aliphatic rings. The van der Waals surface area contributed by atoms with Crippen LogP contribution in [0.4, 0.5) is 0 Å². The Balaban J connectivity index is 1.51. The first kappa shape index (κ1) is 18.4. The minimum absolute atomic E-state index is 0.0979. The molecule has 1 amide bonds. The van der Waals surface area contributed by atoms with Crippen LogP contribution in [-0.4, -0.2) is 53.2 Å². The third-order valence-corrected chi connectivity index (χ3v) is 4.68. The molecule has 2 atom stereocenters. The Morgan fingerprint density at radius 3 is 2.92 bits per heavy atom. The van der Waals surface area contributed by atoms with Gasteiger partial charge in [0, 0.05) is 37.6 Å². The van der Waals surface area contributed by atoms with Crippen molar-refractivity contribution in [1.29, 1.82) is 0 Å². The number of hydrogen-bond donors (Lipinski definition) is 2. The number of β-amino-alcohol motifs (C(OH)–C–C–N with tert-alkyl or cyclic N) is 1. The van der Waals surface area contributed by atoms with E-state index < -0.39 is 6.10 Å². The molecule has 0 spiro atoms. The molecule has 3 rings (SSSR count). The van der Waals surface area contributed by atoms with E-state index in [1.54, 1.807) is 13.3 Å². The molecule has 1 fully saturated rings. The Morgan fingerprint density at radius 1 is 1.35 bits per heavy atom. The van der Waals surface area contributed by atoms with Crippen LogP contribution in [0.15, 0.2) is 48.8 Å². The fraction of sp³-hybridized carbons (Fsp3) is 0.400. The lowest BCUT2D eigenvalue weighted by atomic mass is 10.0. The number of hydrogen-bond acceptors (Lipinski definition) is 5. The molecule has 0 aliphatic carbocycles. The Labute approximate surface area is 153 Å². The third kappa shape index (κ3) is 4.80. The zero-order chi connectivity index (χ0) is 18.4. The molecule has 0 saturated carbocycles. The fourth-order valence-electron chi connectivity index (χ4n) is 3.34. The zero-order valence-corrected chi connectivity index (χ0v) is 15.0. The summed E-state index contributed by atoms with van der Waals surface area (Å²) in [7, 11) is 1.60. The van der Waals surface area contributed by atoms with Gasteiger partial charge in [-0.25, -0.2) is 0 Å². The van der Waals surface area contributed by atoms with Gasteiger partial charge in [-0.1, -0.05) is 24.3 Å². The van der Waals surface area contributed by atoms with Crippen molar-refractivity contribution in [3.8, 4) is 5.75 Å². The number of aliphatic hydroxyl groups is 1. The molecule has 26 heavy (non-hydrogen) atoms. The van der Waals surface area contributed by atoms with E-state index in [4.69, 9.17) is 4.74 Å². The summed E-state index contributed by atoms with van der Waals surface area (Å²) in [5.74, 6) is 0.605. The molecule has 1 aliphatic heterocycles. The van der Waals surface area contributed by atoms with Crippen LogP contribution in [0.2, 0.25) is 0 Å². The maximum Gasteiger partial charge on any atom is 0.224 e. The second-order valence-corrected chi connectivity index (χ2v) is 6.62. The van der Waals surface area contributed by atoms with Crippen molar-refractivity contribution in [2.24, 2.45) is 0 Å². The summed E-state index contributed by atoms with van der Waals surface area (Å²) in [6.45, 7) is 2.12. The lowest BCUT2D eigenvalue weighted by Gasteiger charge is -2.36. The predicted octanol–water partition coefficient (Wildman–Crippen LogP) is 1.38. The standard InChI is InChI=1S/C20H25N3O3/c1-26-19-7-3-2-6-16(19)11-20(25)22-17-8-10-23(14-18(17)24)13-15-5-4-9-21-12-15/h2-7,9,12,17-18,24H,8,10-11,13-14H2,1H3,(H,22,25)/t17-,18-/m1/s1. The minimum atomic E-state index is -0.581. The molecular formula is C20H25N3O3. The molecule has 2 aromatic rings. The molecule has 0 radical (unpaired) electrons. The first-order valence-corrected chi connectivity index (χ1v) is 8.86. The van der Waals surface area contributed by atoms with Gasteiger partial charge in [0.2, 0.25) is 5.91 Å². The maximum atomic E-state index is 12.4. The fourth-order valence-corrected chi connectivity index (χ4v) is 3.34. The third-order valence-electron chi connectivity index (χ3n) is 4.68. The van der Waals surface area contributed by atoms with Gasteiger partial charge in [0.25, 0.3) is 0 Å². The van der Waals surface area contributed by atoms with Crippen LogP contribution in [-0.2, 0) is 17.8 Å². The second kappa shape index (κ2) is 8.78. The number of aliphatic hydroxyl groups excluding tert-OH is 1. The molecule has 6 heteroatoms. The average molecular weight is 355 g/mol. The smallest absolute Gasteiger partial charge is 0.224 e. The van der Waals surface area contributed by atoms with Crippen molar-refractivity contribution < 1.29 is 14.6 Å². The minimum Gasteiger partial charge on any atom is -0.496 e. The van der Waals surface area contributed by atoms with Gasteiger partial charge >= 0.3 is 0 Å². The lowest BCUT2D eigenvalue weighted by Crippen LogP contribution is -2.54. The van der Waals surface area contributed by atoms with E-state index in [0.29, 0.717) is 12.3 Å². The first-order chi connectivity index (χ1) is 12.7. The molecule has 2 heterocycles. The van der Waals surface area contributed by atoms with Gasteiger partial charge in [0.05, 0.1) is 25.7 Å². The number of nitrogens with zero attached hydrogens (tertiary/aromatic N) is 2. The predicted molar refractivity (Wildman–Crippen MR) is 98.8 cm³/mol. The van der Waals surface area contributed by atoms with Crippen LogP contribution >= 0.6 is 0 Å². The van der Waals surface area contributed by atoms with Crippen LogP contribution in [0.3, 0.4) is 0 Å². The number of piperidine rings is 1. The molecule has 2 N–H and O–H groups in total. The van der Waals surface area contributed by atoms with E-state index in [9.17, 15) is 9.90 Å². The summed E-state index contributed by atoms with van der Waals surface area (Å²) in [6, 6.07) is 11.2. The number of benzene rings is 1. The maximum absolute atomic E-state index is 12.4. The largest absolute Gasteiger partial charge is 0.496 e.